The second-order valence-corrected chi connectivity index (χ2v) is 5.92. The lowest BCUT2D eigenvalue weighted by atomic mass is 10.5. The van der Waals surface area contributed by atoms with E-state index in [-0.39, 0.29) is 10.8 Å². The van der Waals surface area contributed by atoms with Crippen molar-refractivity contribution in [2.45, 2.75) is 4.90 Å². The van der Waals surface area contributed by atoms with E-state index in [0.717, 1.165) is 0 Å². The van der Waals surface area contributed by atoms with Crippen LogP contribution in [0.15, 0.2) is 40.0 Å². The monoisotopic (exact) mass is 331 g/mol. The fraction of sp³-hybridized carbons (Fsp3) is 0.100. The van der Waals surface area contributed by atoms with Gasteiger partial charge < -0.3 is 9.72 Å². The van der Waals surface area contributed by atoms with Crippen LogP contribution in [-0.4, -0.2) is 25.5 Å². The van der Waals surface area contributed by atoms with Crippen LogP contribution >= 0.6 is 15.9 Å². The molecule has 0 aromatic carbocycles. The summed E-state index contributed by atoms with van der Waals surface area (Å²) in [5, 5.41) is 0. The van der Waals surface area contributed by atoms with Gasteiger partial charge in [0, 0.05) is 16.9 Å². The number of nitrogens with one attached hydrogen (secondary N) is 2. The number of H-pyrrole nitrogens is 1. The van der Waals surface area contributed by atoms with Gasteiger partial charge in [0.05, 0.1) is 7.11 Å². The zero-order chi connectivity index (χ0) is 13.2. The van der Waals surface area contributed by atoms with Crippen LogP contribution in [0.5, 0.6) is 5.88 Å². The highest BCUT2D eigenvalue weighted by Gasteiger charge is 2.21. The van der Waals surface area contributed by atoms with Crippen LogP contribution in [0.2, 0.25) is 0 Å². The van der Waals surface area contributed by atoms with E-state index in [0.29, 0.717) is 10.3 Å². The van der Waals surface area contributed by atoms with Crippen molar-refractivity contribution in [3.8, 4) is 5.88 Å². The van der Waals surface area contributed by atoms with Crippen molar-refractivity contribution >= 4 is 31.8 Å². The molecule has 2 rings (SSSR count). The first-order chi connectivity index (χ1) is 8.53. The van der Waals surface area contributed by atoms with Gasteiger partial charge in [-0.05, 0) is 34.1 Å². The third-order valence-electron chi connectivity index (χ3n) is 2.11. The molecule has 0 aliphatic heterocycles. The average molecular weight is 332 g/mol. The molecule has 0 radical (unpaired) electrons. The molecule has 0 spiro atoms. The molecule has 2 heterocycles. The summed E-state index contributed by atoms with van der Waals surface area (Å²) >= 11 is 3.18. The van der Waals surface area contributed by atoms with E-state index in [9.17, 15) is 8.42 Å². The lowest BCUT2D eigenvalue weighted by molar-refractivity contribution is 0.385. The van der Waals surface area contributed by atoms with E-state index < -0.39 is 10.0 Å². The predicted octanol–water partition coefficient (Wildman–Crippen LogP) is 1.98. The maximum atomic E-state index is 12.2. The summed E-state index contributed by atoms with van der Waals surface area (Å²) in [7, 11) is -2.38. The number of sulfonamides is 1. The topological polar surface area (TPSA) is 84.1 Å². The Morgan fingerprint density at radius 2 is 2.28 bits per heavy atom. The molecule has 0 fully saturated rings. The van der Waals surface area contributed by atoms with Crippen molar-refractivity contribution in [3.63, 3.8) is 0 Å². The van der Waals surface area contributed by atoms with Crippen LogP contribution in [-0.2, 0) is 10.0 Å². The third kappa shape index (κ3) is 2.65. The zero-order valence-corrected chi connectivity index (χ0v) is 11.7. The highest BCUT2D eigenvalue weighted by Crippen LogP contribution is 2.25. The Labute approximate surface area is 113 Å². The van der Waals surface area contributed by atoms with E-state index in [4.69, 9.17) is 4.74 Å². The largest absolute Gasteiger partial charge is 0.480 e. The van der Waals surface area contributed by atoms with Crippen LogP contribution in [0.1, 0.15) is 0 Å². The average Bonchev–Trinajstić information content (AvgIpc) is 2.81. The van der Waals surface area contributed by atoms with Gasteiger partial charge >= 0.3 is 0 Å². The molecule has 2 N–H and O–H groups in total. The number of aromatic amines is 1. The molecule has 0 aliphatic rings. The molecular weight excluding hydrogens is 322 g/mol. The molecule has 0 atom stereocenters. The van der Waals surface area contributed by atoms with Crippen LogP contribution in [0.3, 0.4) is 0 Å². The quantitative estimate of drug-likeness (QED) is 0.897. The van der Waals surface area contributed by atoms with E-state index in [1.165, 1.54) is 19.4 Å². The molecule has 96 valence electrons. The first kappa shape index (κ1) is 12.9. The van der Waals surface area contributed by atoms with Crippen LogP contribution < -0.4 is 9.46 Å². The highest BCUT2D eigenvalue weighted by molar-refractivity contribution is 9.10. The Morgan fingerprint density at radius 3 is 2.89 bits per heavy atom. The van der Waals surface area contributed by atoms with Gasteiger partial charge in [0.2, 0.25) is 5.88 Å². The maximum absolute atomic E-state index is 12.2. The molecule has 18 heavy (non-hydrogen) atoms. The molecule has 0 aliphatic carbocycles. The van der Waals surface area contributed by atoms with Crippen molar-refractivity contribution < 1.29 is 13.2 Å². The fourth-order valence-corrected chi connectivity index (χ4v) is 3.00. The summed E-state index contributed by atoms with van der Waals surface area (Å²) in [6, 6.07) is 4.72. The summed E-state index contributed by atoms with van der Waals surface area (Å²) in [6.07, 6.45) is 3.08. The minimum atomic E-state index is -3.75. The van der Waals surface area contributed by atoms with Gasteiger partial charge in [-0.2, -0.15) is 0 Å². The molecule has 0 bridgehead atoms. The fourth-order valence-electron chi connectivity index (χ4n) is 1.35. The second-order valence-electron chi connectivity index (χ2n) is 3.35. The summed E-state index contributed by atoms with van der Waals surface area (Å²) < 4.78 is 32.2. The molecule has 0 saturated heterocycles. The van der Waals surface area contributed by atoms with E-state index in [2.05, 4.69) is 30.6 Å². The predicted molar refractivity (Wildman–Crippen MR) is 70.1 cm³/mol. The summed E-state index contributed by atoms with van der Waals surface area (Å²) in [5.41, 5.74) is 0. The molecule has 0 amide bonds. The highest BCUT2D eigenvalue weighted by atomic mass is 79.9. The number of hydrogen-bond donors (Lipinski definition) is 2. The molecular formula is C10H10BrN3O3S. The van der Waals surface area contributed by atoms with Gasteiger partial charge in [0.25, 0.3) is 10.0 Å². The van der Waals surface area contributed by atoms with Gasteiger partial charge in [0.1, 0.15) is 5.82 Å². The van der Waals surface area contributed by atoms with E-state index >= 15 is 0 Å². The Balaban J connectivity index is 2.43. The Morgan fingerprint density at radius 1 is 1.50 bits per heavy atom. The first-order valence-corrected chi connectivity index (χ1v) is 7.16. The van der Waals surface area contributed by atoms with Crippen LogP contribution in [0.4, 0.5) is 5.82 Å². The second kappa shape index (κ2) is 4.99. The molecule has 0 saturated carbocycles. The Kier molecular flexibility index (Phi) is 3.58. The van der Waals surface area contributed by atoms with E-state index in [1.54, 1.807) is 18.3 Å². The standard InChI is InChI=1S/C10H10BrN3O3S/c1-17-10-8(5-7(11)6-13-10)18(15,16)14-9-3-2-4-12-9/h2-6,12,14H,1H3. The summed E-state index contributed by atoms with van der Waals surface area (Å²) in [6.45, 7) is 0. The number of halogens is 1. The smallest absolute Gasteiger partial charge is 0.268 e. The van der Waals surface area contributed by atoms with Crippen molar-refractivity contribution in [2.24, 2.45) is 0 Å². The minimum Gasteiger partial charge on any atom is -0.480 e. The van der Waals surface area contributed by atoms with Crippen molar-refractivity contribution in [2.75, 3.05) is 11.8 Å². The van der Waals surface area contributed by atoms with E-state index in [1.807, 2.05) is 0 Å². The number of hydrogen-bond acceptors (Lipinski definition) is 4. The molecule has 0 unspecified atom stereocenters. The number of aromatic nitrogens is 2. The summed E-state index contributed by atoms with van der Waals surface area (Å²) in [5.74, 6) is 0.411. The van der Waals surface area contributed by atoms with Crippen molar-refractivity contribution in [3.05, 3.63) is 35.1 Å². The van der Waals surface area contributed by atoms with Gasteiger partial charge in [-0.3, -0.25) is 4.72 Å². The Hall–Kier alpha value is -1.54. The first-order valence-electron chi connectivity index (χ1n) is 4.88. The molecule has 8 heteroatoms. The lowest BCUT2D eigenvalue weighted by Gasteiger charge is -2.09. The van der Waals surface area contributed by atoms with Gasteiger partial charge in [-0.1, -0.05) is 0 Å². The molecule has 2 aromatic heterocycles. The number of nitrogens with zero attached hydrogens (tertiary/aromatic N) is 1. The number of ether oxygens (including phenoxy) is 1. The molecule has 2 aromatic rings. The number of rotatable bonds is 4. The molecule has 6 nitrogen and oxygen atoms in total. The van der Waals surface area contributed by atoms with Crippen LogP contribution in [0, 0.1) is 0 Å². The maximum Gasteiger partial charge on any atom is 0.268 e. The number of anilines is 1. The van der Waals surface area contributed by atoms with Gasteiger partial charge in [-0.25, -0.2) is 13.4 Å². The van der Waals surface area contributed by atoms with Crippen molar-refractivity contribution in [1.82, 2.24) is 9.97 Å². The van der Waals surface area contributed by atoms with Gasteiger partial charge in [0.15, 0.2) is 4.90 Å². The Bertz CT molecular complexity index is 640. The van der Waals surface area contributed by atoms with Crippen LogP contribution in [0.25, 0.3) is 0 Å². The lowest BCUT2D eigenvalue weighted by Crippen LogP contribution is -2.14. The normalized spacial score (nSPS) is 11.2. The zero-order valence-electron chi connectivity index (χ0n) is 9.34. The number of methoxy groups -OCH3 is 1. The number of pyridine rings is 1. The minimum absolute atomic E-state index is 0.0334. The van der Waals surface area contributed by atoms with Gasteiger partial charge in [-0.15, -0.1) is 0 Å². The summed E-state index contributed by atoms with van der Waals surface area (Å²) in [4.78, 5) is 6.61. The SMILES string of the molecule is COc1ncc(Br)cc1S(=O)(=O)Nc1ccc[nH]1. The van der Waals surface area contributed by atoms with Crippen molar-refractivity contribution in [1.29, 1.82) is 0 Å². The third-order valence-corrected chi connectivity index (χ3v) is 3.90.